The van der Waals surface area contributed by atoms with Gasteiger partial charge in [-0.25, -0.2) is 4.98 Å². The number of allylic oxidation sites excluding steroid dienone is 1. The maximum atomic E-state index is 13.2. The van der Waals surface area contributed by atoms with E-state index < -0.39 is 11.5 Å². The molecule has 2 N–H and O–H groups in total. The summed E-state index contributed by atoms with van der Waals surface area (Å²) in [5.41, 5.74) is 0.913. The zero-order valence-electron chi connectivity index (χ0n) is 19.2. The number of fused-ring (bicyclic) bond motifs is 1. The van der Waals surface area contributed by atoms with Gasteiger partial charge in [-0.3, -0.25) is 9.59 Å². The van der Waals surface area contributed by atoms with E-state index in [2.05, 4.69) is 54.0 Å². The number of hydrogen-bond acceptors (Lipinski definition) is 4. The van der Waals surface area contributed by atoms with Crippen molar-refractivity contribution in [1.82, 2.24) is 25.1 Å². The summed E-state index contributed by atoms with van der Waals surface area (Å²) in [7, 11) is 3.64. The number of carbonyl (C=O) groups is 2. The van der Waals surface area contributed by atoms with Crippen LogP contribution < -0.4 is 10.6 Å². The average molecular weight is 404 g/mol. The Bertz CT molecular complexity index is 780. The van der Waals surface area contributed by atoms with Gasteiger partial charge in [-0.15, -0.1) is 0 Å². The van der Waals surface area contributed by atoms with Crippen molar-refractivity contribution in [2.75, 3.05) is 20.6 Å². The first-order valence-corrected chi connectivity index (χ1v) is 10.3. The highest BCUT2D eigenvalue weighted by atomic mass is 16.2. The number of rotatable bonds is 4. The summed E-state index contributed by atoms with van der Waals surface area (Å²) in [4.78, 5) is 32.5. The molecule has 0 spiro atoms. The van der Waals surface area contributed by atoms with E-state index in [9.17, 15) is 9.59 Å². The van der Waals surface area contributed by atoms with Crippen LogP contribution in [0.4, 0.5) is 0 Å². The largest absolute Gasteiger partial charge is 0.357 e. The SMILES string of the molecule is CNC(=O)[C@@H](NC(=O)c1nc(/C=C/C(C)(C)C)n2c1CN(C)CCC2)C(C)(C)C. The Kier molecular flexibility index (Phi) is 6.93. The Morgan fingerprint density at radius 2 is 1.79 bits per heavy atom. The maximum absolute atomic E-state index is 13.2. The van der Waals surface area contributed by atoms with Crippen LogP contribution in [-0.2, 0) is 17.9 Å². The monoisotopic (exact) mass is 403 g/mol. The fourth-order valence-electron chi connectivity index (χ4n) is 3.40. The minimum atomic E-state index is -0.644. The van der Waals surface area contributed by atoms with Gasteiger partial charge < -0.3 is 20.1 Å². The normalized spacial score (nSPS) is 17.0. The summed E-state index contributed by atoms with van der Waals surface area (Å²) in [6.45, 7) is 14.6. The Labute approximate surface area is 174 Å². The molecule has 0 aliphatic carbocycles. The third-order valence-corrected chi connectivity index (χ3v) is 5.04. The predicted octanol–water partition coefficient (Wildman–Crippen LogP) is 2.67. The summed E-state index contributed by atoms with van der Waals surface area (Å²) in [5, 5.41) is 5.58. The molecule has 1 aliphatic heterocycles. The van der Waals surface area contributed by atoms with Crippen LogP contribution in [-0.4, -0.2) is 52.9 Å². The quantitative estimate of drug-likeness (QED) is 0.810. The Morgan fingerprint density at radius 1 is 1.14 bits per heavy atom. The van der Waals surface area contributed by atoms with Crippen molar-refractivity contribution >= 4 is 17.9 Å². The van der Waals surface area contributed by atoms with E-state index in [1.807, 2.05) is 26.8 Å². The molecule has 162 valence electrons. The third kappa shape index (κ3) is 5.92. The molecule has 1 atom stereocenters. The molecule has 7 nitrogen and oxygen atoms in total. The van der Waals surface area contributed by atoms with Crippen LogP contribution in [0.3, 0.4) is 0 Å². The highest BCUT2D eigenvalue weighted by Gasteiger charge is 2.34. The Balaban J connectivity index is 2.45. The van der Waals surface area contributed by atoms with Crippen LogP contribution in [0.5, 0.6) is 0 Å². The van der Waals surface area contributed by atoms with Crippen LogP contribution in [0.2, 0.25) is 0 Å². The van der Waals surface area contributed by atoms with Gasteiger partial charge in [0.1, 0.15) is 11.9 Å². The first kappa shape index (κ1) is 23.1. The van der Waals surface area contributed by atoms with Gasteiger partial charge in [0.2, 0.25) is 5.91 Å². The average Bonchev–Trinajstić information content (AvgIpc) is 2.81. The smallest absolute Gasteiger partial charge is 0.272 e. The van der Waals surface area contributed by atoms with Crippen LogP contribution in [0.15, 0.2) is 6.08 Å². The molecule has 1 aromatic heterocycles. The molecule has 0 bridgehead atoms. The molecule has 0 saturated carbocycles. The predicted molar refractivity (Wildman–Crippen MR) is 116 cm³/mol. The zero-order chi connectivity index (χ0) is 22.0. The maximum Gasteiger partial charge on any atom is 0.272 e. The van der Waals surface area contributed by atoms with Gasteiger partial charge in [0.05, 0.1) is 5.69 Å². The van der Waals surface area contributed by atoms with E-state index in [0.29, 0.717) is 12.2 Å². The zero-order valence-corrected chi connectivity index (χ0v) is 19.2. The van der Waals surface area contributed by atoms with Crippen LogP contribution in [0.1, 0.15) is 70.0 Å². The lowest BCUT2D eigenvalue weighted by Crippen LogP contribution is -2.53. The van der Waals surface area contributed by atoms with E-state index in [-0.39, 0.29) is 17.2 Å². The summed E-state index contributed by atoms with van der Waals surface area (Å²) in [6.07, 6.45) is 5.12. The van der Waals surface area contributed by atoms with Gasteiger partial charge in [-0.1, -0.05) is 47.6 Å². The number of carbonyl (C=O) groups excluding carboxylic acids is 2. The van der Waals surface area contributed by atoms with Gasteiger partial charge >= 0.3 is 0 Å². The van der Waals surface area contributed by atoms with E-state index in [1.54, 1.807) is 7.05 Å². The molecule has 2 rings (SSSR count). The van der Waals surface area contributed by atoms with Gasteiger partial charge in [-0.2, -0.15) is 0 Å². The second kappa shape index (κ2) is 8.69. The number of nitrogens with zero attached hydrogens (tertiary/aromatic N) is 3. The third-order valence-electron chi connectivity index (χ3n) is 5.04. The fraction of sp³-hybridized carbons (Fsp3) is 0.682. The summed E-state index contributed by atoms with van der Waals surface area (Å²) in [5.74, 6) is 0.284. The number of hydrogen-bond donors (Lipinski definition) is 2. The molecule has 0 radical (unpaired) electrons. The molecule has 7 heteroatoms. The van der Waals surface area contributed by atoms with Crippen LogP contribution in [0, 0.1) is 10.8 Å². The number of likely N-dealkylation sites (N-methyl/N-ethyl adjacent to an activating group) is 1. The Hall–Kier alpha value is -2.15. The van der Waals surface area contributed by atoms with Crippen molar-refractivity contribution in [3.63, 3.8) is 0 Å². The number of amides is 2. The first-order chi connectivity index (χ1) is 13.3. The molecule has 1 aromatic rings. The summed E-state index contributed by atoms with van der Waals surface area (Å²) in [6, 6.07) is -0.644. The minimum absolute atomic E-state index is 0.0207. The highest BCUT2D eigenvalue weighted by Crippen LogP contribution is 2.24. The molecular formula is C22H37N5O2. The number of imidazole rings is 1. The molecule has 1 aliphatic rings. The van der Waals surface area contributed by atoms with Gasteiger partial charge in [-0.05, 0) is 36.9 Å². The molecule has 2 amide bonds. The second-order valence-corrected chi connectivity index (χ2v) is 10.1. The molecule has 0 unspecified atom stereocenters. The molecule has 29 heavy (non-hydrogen) atoms. The standard InChI is InChI=1S/C22H37N5O2/c1-21(2,3)11-10-16-24-17(15-14-26(8)12-9-13-27(15)16)19(28)25-18(20(29)23-7)22(4,5)6/h10-11,18H,9,12-14H2,1-8H3,(H,23,29)(H,25,28)/b11-10+/t18-/m1/s1. The topological polar surface area (TPSA) is 79.3 Å². The lowest BCUT2D eigenvalue weighted by Gasteiger charge is -2.29. The van der Waals surface area contributed by atoms with Crippen molar-refractivity contribution < 1.29 is 9.59 Å². The van der Waals surface area contributed by atoms with Crippen molar-refractivity contribution in [1.29, 1.82) is 0 Å². The second-order valence-electron chi connectivity index (χ2n) is 10.1. The van der Waals surface area contributed by atoms with Crippen molar-refractivity contribution in [3.05, 3.63) is 23.3 Å². The lowest BCUT2D eigenvalue weighted by molar-refractivity contribution is -0.124. The van der Waals surface area contributed by atoms with E-state index in [0.717, 1.165) is 31.0 Å². The molecule has 0 saturated heterocycles. The van der Waals surface area contributed by atoms with Gasteiger partial charge in [0.15, 0.2) is 5.69 Å². The van der Waals surface area contributed by atoms with Gasteiger partial charge in [0, 0.05) is 20.1 Å². The van der Waals surface area contributed by atoms with Crippen LogP contribution >= 0.6 is 0 Å². The summed E-state index contributed by atoms with van der Waals surface area (Å²) >= 11 is 0. The lowest BCUT2D eigenvalue weighted by atomic mass is 9.86. The van der Waals surface area contributed by atoms with Gasteiger partial charge in [0.25, 0.3) is 5.91 Å². The van der Waals surface area contributed by atoms with Crippen LogP contribution in [0.25, 0.3) is 6.08 Å². The highest BCUT2D eigenvalue weighted by molar-refractivity contribution is 5.97. The number of aromatic nitrogens is 2. The molecule has 0 aromatic carbocycles. The first-order valence-electron chi connectivity index (χ1n) is 10.3. The molecule has 0 fully saturated rings. The van der Waals surface area contributed by atoms with Crippen molar-refractivity contribution in [2.45, 2.75) is 67.1 Å². The Morgan fingerprint density at radius 3 is 2.34 bits per heavy atom. The van der Waals surface area contributed by atoms with Crippen molar-refractivity contribution in [2.24, 2.45) is 10.8 Å². The summed E-state index contributed by atoms with van der Waals surface area (Å²) < 4.78 is 2.15. The minimum Gasteiger partial charge on any atom is -0.357 e. The molecular weight excluding hydrogens is 366 g/mol. The van der Waals surface area contributed by atoms with E-state index in [4.69, 9.17) is 4.98 Å². The van der Waals surface area contributed by atoms with E-state index >= 15 is 0 Å². The van der Waals surface area contributed by atoms with Crippen molar-refractivity contribution in [3.8, 4) is 0 Å². The fourth-order valence-corrected chi connectivity index (χ4v) is 3.40. The number of nitrogens with one attached hydrogen (secondary N) is 2. The van der Waals surface area contributed by atoms with E-state index in [1.165, 1.54) is 0 Å². The molecule has 2 heterocycles.